The minimum atomic E-state index is -0.513. The summed E-state index contributed by atoms with van der Waals surface area (Å²) in [6, 6.07) is 9.20. The van der Waals surface area contributed by atoms with Crippen molar-refractivity contribution >= 4 is 46.6 Å². The van der Waals surface area contributed by atoms with Crippen LogP contribution in [-0.2, 0) is 0 Å². The van der Waals surface area contributed by atoms with Gasteiger partial charge < -0.3 is 5.32 Å². The fourth-order valence-corrected chi connectivity index (χ4v) is 2.74. The summed E-state index contributed by atoms with van der Waals surface area (Å²) < 4.78 is 0. The summed E-state index contributed by atoms with van der Waals surface area (Å²) >= 11 is 11.9. The predicted molar refractivity (Wildman–Crippen MR) is 87.3 cm³/mol. The maximum absolute atomic E-state index is 12.4. The molecule has 2 aromatic rings. The molecule has 0 aromatic heterocycles. The number of halogens is 2. The lowest BCUT2D eigenvalue weighted by Gasteiger charge is -2.10. The first-order valence-electron chi connectivity index (χ1n) is 6.62. The molecule has 0 bridgehead atoms. The highest BCUT2D eigenvalue weighted by atomic mass is 35.5. The van der Waals surface area contributed by atoms with E-state index in [0.29, 0.717) is 5.02 Å². The Balaban J connectivity index is 2.00. The van der Waals surface area contributed by atoms with E-state index in [2.05, 4.69) is 5.32 Å². The van der Waals surface area contributed by atoms with Crippen molar-refractivity contribution in [2.75, 3.05) is 12.4 Å². The Bertz CT molecular complexity index is 864. The number of fused-ring (bicyclic) bond motifs is 1. The van der Waals surface area contributed by atoms with Crippen LogP contribution < -0.4 is 5.32 Å². The number of hydrogen-bond acceptors (Lipinski definition) is 3. The monoisotopic (exact) mass is 348 g/mol. The van der Waals surface area contributed by atoms with Gasteiger partial charge in [0.05, 0.1) is 27.4 Å². The smallest absolute Gasteiger partial charge is 0.263 e. The molecular weight excluding hydrogens is 339 g/mol. The molecule has 7 heteroatoms. The van der Waals surface area contributed by atoms with Gasteiger partial charge in [-0.3, -0.25) is 19.3 Å². The van der Waals surface area contributed by atoms with E-state index in [0.717, 1.165) is 4.90 Å². The molecule has 1 aliphatic heterocycles. The molecule has 3 amide bonds. The number of nitrogens with zero attached hydrogens (tertiary/aromatic N) is 1. The first-order chi connectivity index (χ1) is 10.9. The average molecular weight is 349 g/mol. The van der Waals surface area contributed by atoms with Crippen LogP contribution in [0.3, 0.4) is 0 Å². The standard InChI is InChI=1S/C16H10Cl2N2O3/c1-20-15(22)9-3-2-4-12(13(9)16(20)23)19-14(21)10-7-8(17)5-6-11(10)18/h2-7H,1H3,(H,19,21). The van der Waals surface area contributed by atoms with E-state index in [9.17, 15) is 14.4 Å². The van der Waals surface area contributed by atoms with Crippen LogP contribution in [0.1, 0.15) is 31.1 Å². The molecule has 1 N–H and O–H groups in total. The summed E-state index contributed by atoms with van der Waals surface area (Å²) in [7, 11) is 1.39. The summed E-state index contributed by atoms with van der Waals surface area (Å²) in [5.41, 5.74) is 0.868. The molecule has 0 saturated carbocycles. The van der Waals surface area contributed by atoms with Crippen LogP contribution >= 0.6 is 23.2 Å². The van der Waals surface area contributed by atoms with E-state index < -0.39 is 17.7 Å². The van der Waals surface area contributed by atoms with E-state index >= 15 is 0 Å². The minimum Gasteiger partial charge on any atom is -0.321 e. The zero-order chi connectivity index (χ0) is 16.7. The van der Waals surface area contributed by atoms with Gasteiger partial charge >= 0.3 is 0 Å². The molecule has 1 heterocycles. The number of amides is 3. The number of imide groups is 1. The van der Waals surface area contributed by atoms with Gasteiger partial charge in [-0.25, -0.2) is 0 Å². The lowest BCUT2D eigenvalue weighted by molar-refractivity contribution is 0.0693. The molecule has 0 unspecified atom stereocenters. The van der Waals surface area contributed by atoms with Crippen LogP contribution in [0.4, 0.5) is 5.69 Å². The van der Waals surface area contributed by atoms with Crippen molar-refractivity contribution in [3.63, 3.8) is 0 Å². The number of anilines is 1. The molecule has 0 radical (unpaired) electrons. The minimum absolute atomic E-state index is 0.173. The highest BCUT2D eigenvalue weighted by Gasteiger charge is 2.35. The van der Waals surface area contributed by atoms with Crippen molar-refractivity contribution in [2.45, 2.75) is 0 Å². The van der Waals surface area contributed by atoms with Crippen LogP contribution in [0, 0.1) is 0 Å². The molecule has 1 aliphatic rings. The number of carbonyl (C=O) groups is 3. The molecular formula is C16H10Cl2N2O3. The van der Waals surface area contributed by atoms with Gasteiger partial charge in [0.2, 0.25) is 0 Å². The normalized spacial score (nSPS) is 13.3. The van der Waals surface area contributed by atoms with E-state index in [1.165, 1.54) is 19.2 Å². The quantitative estimate of drug-likeness (QED) is 0.845. The molecule has 0 atom stereocenters. The van der Waals surface area contributed by atoms with Gasteiger partial charge in [0.25, 0.3) is 17.7 Å². The Morgan fingerprint density at radius 3 is 2.57 bits per heavy atom. The van der Waals surface area contributed by atoms with E-state index in [1.54, 1.807) is 24.3 Å². The summed E-state index contributed by atoms with van der Waals surface area (Å²) in [5, 5.41) is 3.22. The van der Waals surface area contributed by atoms with E-state index in [-0.39, 0.29) is 27.4 Å². The highest BCUT2D eigenvalue weighted by molar-refractivity contribution is 6.36. The zero-order valence-corrected chi connectivity index (χ0v) is 13.4. The van der Waals surface area contributed by atoms with Gasteiger partial charge in [-0.1, -0.05) is 29.3 Å². The van der Waals surface area contributed by atoms with Crippen LogP contribution in [-0.4, -0.2) is 29.7 Å². The Hall–Kier alpha value is -2.37. The molecule has 116 valence electrons. The van der Waals surface area contributed by atoms with Crippen molar-refractivity contribution in [3.05, 3.63) is 63.1 Å². The Morgan fingerprint density at radius 2 is 1.83 bits per heavy atom. The molecule has 0 saturated heterocycles. The molecule has 2 aromatic carbocycles. The molecule has 5 nitrogen and oxygen atoms in total. The second-order valence-electron chi connectivity index (χ2n) is 4.98. The number of nitrogens with one attached hydrogen (secondary N) is 1. The summed E-state index contributed by atoms with van der Waals surface area (Å²) in [5.74, 6) is -1.37. The lowest BCUT2D eigenvalue weighted by Crippen LogP contribution is -2.24. The lowest BCUT2D eigenvalue weighted by atomic mass is 10.1. The molecule has 23 heavy (non-hydrogen) atoms. The largest absolute Gasteiger partial charge is 0.321 e. The van der Waals surface area contributed by atoms with Gasteiger partial charge in [-0.15, -0.1) is 0 Å². The van der Waals surface area contributed by atoms with Crippen LogP contribution in [0.5, 0.6) is 0 Å². The third kappa shape index (κ3) is 2.58. The Kier molecular flexibility index (Phi) is 3.83. The van der Waals surface area contributed by atoms with Crippen LogP contribution in [0.2, 0.25) is 10.0 Å². The number of benzene rings is 2. The number of rotatable bonds is 2. The zero-order valence-electron chi connectivity index (χ0n) is 11.9. The van der Waals surface area contributed by atoms with Crippen molar-refractivity contribution < 1.29 is 14.4 Å². The topological polar surface area (TPSA) is 66.5 Å². The van der Waals surface area contributed by atoms with Gasteiger partial charge in [0.1, 0.15) is 0 Å². The van der Waals surface area contributed by atoms with Gasteiger partial charge in [0, 0.05) is 12.1 Å². The van der Waals surface area contributed by atoms with Gasteiger partial charge in [0.15, 0.2) is 0 Å². The number of hydrogen-bond donors (Lipinski definition) is 1. The summed E-state index contributed by atoms with van der Waals surface area (Å²) in [6.45, 7) is 0. The fraction of sp³-hybridized carbons (Fsp3) is 0.0625. The first-order valence-corrected chi connectivity index (χ1v) is 7.37. The van der Waals surface area contributed by atoms with Crippen LogP contribution in [0.15, 0.2) is 36.4 Å². The van der Waals surface area contributed by atoms with E-state index in [1.807, 2.05) is 0 Å². The first kappa shape index (κ1) is 15.5. The average Bonchev–Trinajstić information content (AvgIpc) is 2.75. The third-order valence-corrected chi connectivity index (χ3v) is 4.10. The second-order valence-corrected chi connectivity index (χ2v) is 5.82. The van der Waals surface area contributed by atoms with Gasteiger partial charge in [-0.2, -0.15) is 0 Å². The van der Waals surface area contributed by atoms with Crippen molar-refractivity contribution in [1.82, 2.24) is 4.90 Å². The Labute approximate surface area is 141 Å². The maximum atomic E-state index is 12.4. The van der Waals surface area contributed by atoms with Crippen molar-refractivity contribution in [2.24, 2.45) is 0 Å². The molecule has 0 aliphatic carbocycles. The van der Waals surface area contributed by atoms with Gasteiger partial charge in [-0.05, 0) is 30.3 Å². The number of carbonyl (C=O) groups excluding carboxylic acids is 3. The molecule has 0 spiro atoms. The van der Waals surface area contributed by atoms with Crippen LogP contribution in [0.25, 0.3) is 0 Å². The SMILES string of the molecule is CN1C(=O)c2cccc(NC(=O)c3cc(Cl)ccc3Cl)c2C1=O. The molecule has 3 rings (SSSR count). The predicted octanol–water partition coefficient (Wildman–Crippen LogP) is 3.47. The summed E-state index contributed by atoms with van der Waals surface area (Å²) in [4.78, 5) is 37.5. The maximum Gasteiger partial charge on any atom is 0.263 e. The van der Waals surface area contributed by atoms with Crippen molar-refractivity contribution in [3.8, 4) is 0 Å². The highest BCUT2D eigenvalue weighted by Crippen LogP contribution is 2.29. The fourth-order valence-electron chi connectivity index (χ4n) is 2.37. The van der Waals surface area contributed by atoms with E-state index in [4.69, 9.17) is 23.2 Å². The molecule has 0 fully saturated rings. The Morgan fingerprint density at radius 1 is 1.09 bits per heavy atom. The second kappa shape index (κ2) is 5.68. The summed E-state index contributed by atoms with van der Waals surface area (Å²) in [6.07, 6.45) is 0. The van der Waals surface area contributed by atoms with Crippen molar-refractivity contribution in [1.29, 1.82) is 0 Å². The third-order valence-electron chi connectivity index (χ3n) is 3.54.